The standard InChI is InChI=1S/C16H36P.C10H16O4S.C7H6O3/c1-5-9-13-17(14-10-6-2,15-11-7-3)16-12-8-4;1-9(2)7-3-4-10(9,8(11)5-7)6-15(12,13)14;8-6-4-2-1-3-5(6)7(9)10/h5-16H2,1-4H3;7H,3-6H2,1-2H3,(H,12,13,14);1-4,8H,(H,9,10)/q+1;;/p-1. The Labute approximate surface area is 256 Å². The molecule has 2 aliphatic carbocycles. The van der Waals surface area contributed by atoms with Crippen LogP contribution in [0.1, 0.15) is 123 Å². The van der Waals surface area contributed by atoms with Crippen molar-refractivity contribution < 1.29 is 32.8 Å². The number of carboxylic acid groups (broad SMARTS) is 1. The van der Waals surface area contributed by atoms with Crippen LogP contribution in [0.4, 0.5) is 0 Å². The van der Waals surface area contributed by atoms with Crippen LogP contribution >= 0.6 is 7.26 Å². The molecule has 1 aromatic rings. The molecule has 2 bridgehead atoms. The lowest BCUT2D eigenvalue weighted by Gasteiger charge is -2.35. The summed E-state index contributed by atoms with van der Waals surface area (Å²) in [7, 11) is -4.64. The van der Waals surface area contributed by atoms with E-state index in [2.05, 4.69) is 27.7 Å². The van der Waals surface area contributed by atoms with Gasteiger partial charge >= 0.3 is 5.97 Å². The van der Waals surface area contributed by atoms with Crippen LogP contribution in [-0.2, 0) is 14.9 Å². The van der Waals surface area contributed by atoms with Crippen LogP contribution in [0.15, 0.2) is 24.3 Å². The molecule has 2 N–H and O–H groups in total. The zero-order valence-corrected chi connectivity index (χ0v) is 28.7. The molecule has 2 unspecified atom stereocenters. The number of carbonyl (C=O) groups excluding carboxylic acids is 1. The second-order valence-electron chi connectivity index (χ2n) is 12.8. The SMILES string of the molecule is CC1(C)C2CCC1(CS(=O)(=O)O)C(=O)C2.CCCC[P+](CCCC)(CCCC)CCCC.O=C(O)c1ccccc1[O-]. The molecule has 42 heavy (non-hydrogen) atoms. The van der Waals surface area contributed by atoms with Gasteiger partial charge in [-0.3, -0.25) is 9.35 Å². The van der Waals surface area contributed by atoms with Gasteiger partial charge in [0.25, 0.3) is 10.1 Å². The lowest BCUT2D eigenvalue weighted by Crippen LogP contribution is -2.42. The molecular formula is C33H57O7PS. The molecular weight excluding hydrogens is 571 g/mol. The van der Waals surface area contributed by atoms with Crippen molar-refractivity contribution in [3.05, 3.63) is 29.8 Å². The topological polar surface area (TPSA) is 132 Å². The largest absolute Gasteiger partial charge is 0.872 e. The van der Waals surface area contributed by atoms with Gasteiger partial charge in [0.15, 0.2) is 0 Å². The molecule has 7 nitrogen and oxygen atoms in total. The molecule has 1 aromatic carbocycles. The van der Waals surface area contributed by atoms with Crippen molar-refractivity contribution in [2.24, 2.45) is 16.7 Å². The highest BCUT2D eigenvalue weighted by molar-refractivity contribution is 7.85. The van der Waals surface area contributed by atoms with Gasteiger partial charge in [0.2, 0.25) is 0 Å². The number of carbonyl (C=O) groups is 2. The first kappa shape index (κ1) is 38.5. The Kier molecular flexibility index (Phi) is 16.2. The average Bonchev–Trinajstić information content (AvgIpc) is 3.26. The maximum atomic E-state index is 11.9. The summed E-state index contributed by atoms with van der Waals surface area (Å²) in [5.74, 6) is -1.73. The van der Waals surface area contributed by atoms with E-state index >= 15 is 0 Å². The Bertz CT molecular complexity index is 1050. The molecule has 0 saturated heterocycles. The maximum absolute atomic E-state index is 11.9. The third-order valence-electron chi connectivity index (χ3n) is 9.63. The summed E-state index contributed by atoms with van der Waals surface area (Å²) >= 11 is 0. The van der Waals surface area contributed by atoms with Crippen molar-refractivity contribution in [1.29, 1.82) is 0 Å². The minimum Gasteiger partial charge on any atom is -0.872 e. The lowest BCUT2D eigenvalue weighted by atomic mass is 9.70. The van der Waals surface area contributed by atoms with Crippen LogP contribution in [-0.4, -0.2) is 60.2 Å². The van der Waals surface area contributed by atoms with Crippen LogP contribution in [0, 0.1) is 16.7 Å². The Morgan fingerprint density at radius 3 is 1.67 bits per heavy atom. The normalized spacial score (nSPS) is 20.8. The molecule has 0 aliphatic heterocycles. The third-order valence-corrected chi connectivity index (χ3v) is 15.5. The highest BCUT2D eigenvalue weighted by atomic mass is 32.2. The third kappa shape index (κ3) is 10.9. The summed E-state index contributed by atoms with van der Waals surface area (Å²) in [5.41, 5.74) is -1.30. The first-order chi connectivity index (χ1) is 19.6. The van der Waals surface area contributed by atoms with Gasteiger partial charge in [-0.05, 0) is 55.9 Å². The summed E-state index contributed by atoms with van der Waals surface area (Å²) < 4.78 is 31.0. The van der Waals surface area contributed by atoms with E-state index in [0.717, 1.165) is 6.42 Å². The number of hydrogen-bond donors (Lipinski definition) is 2. The van der Waals surface area contributed by atoms with Crippen LogP contribution in [0.2, 0.25) is 0 Å². The number of Topliss-reactive ketones (excluding diaryl/α,β-unsaturated/α-hetero) is 1. The van der Waals surface area contributed by atoms with Crippen LogP contribution in [0.3, 0.4) is 0 Å². The van der Waals surface area contributed by atoms with Crippen molar-refractivity contribution in [2.75, 3.05) is 30.4 Å². The van der Waals surface area contributed by atoms with Crippen LogP contribution < -0.4 is 5.11 Å². The zero-order valence-electron chi connectivity index (χ0n) is 27.0. The molecule has 0 aromatic heterocycles. The predicted molar refractivity (Wildman–Crippen MR) is 174 cm³/mol. The number of aromatic carboxylic acids is 1. The highest BCUT2D eigenvalue weighted by Crippen LogP contribution is 2.64. The number of rotatable bonds is 15. The minimum absolute atomic E-state index is 0.0152. The second-order valence-corrected chi connectivity index (χ2v) is 18.8. The molecule has 3 rings (SSSR count). The molecule has 2 saturated carbocycles. The quantitative estimate of drug-likeness (QED) is 0.149. The molecule has 9 heteroatoms. The number of carboxylic acids is 1. The van der Waals surface area contributed by atoms with E-state index in [9.17, 15) is 23.1 Å². The summed E-state index contributed by atoms with van der Waals surface area (Å²) in [5, 5.41) is 19.0. The number of hydrogen-bond acceptors (Lipinski definition) is 5. The van der Waals surface area contributed by atoms with E-state index in [1.807, 2.05) is 13.8 Å². The first-order valence-electron chi connectivity index (χ1n) is 16.0. The average molecular weight is 629 g/mol. The predicted octanol–water partition coefficient (Wildman–Crippen LogP) is 7.93. The van der Waals surface area contributed by atoms with Gasteiger partial charge in [0.05, 0.1) is 41.4 Å². The molecule has 0 spiro atoms. The smallest absolute Gasteiger partial charge is 0.335 e. The van der Waals surface area contributed by atoms with Gasteiger partial charge in [-0.1, -0.05) is 91.2 Å². The highest BCUT2D eigenvalue weighted by Gasteiger charge is 2.65. The maximum Gasteiger partial charge on any atom is 0.335 e. The minimum atomic E-state index is -4.08. The van der Waals surface area contributed by atoms with Crippen molar-refractivity contribution >= 4 is 29.1 Å². The number of benzene rings is 1. The summed E-state index contributed by atoms with van der Waals surface area (Å²) in [6.45, 7) is 13.3. The number of fused-ring (bicyclic) bond motifs is 2. The Morgan fingerprint density at radius 1 is 0.929 bits per heavy atom. The fraction of sp³-hybridized carbons (Fsp3) is 0.758. The Hall–Kier alpha value is -1.50. The van der Waals surface area contributed by atoms with E-state index in [0.29, 0.717) is 12.8 Å². The van der Waals surface area contributed by atoms with Crippen molar-refractivity contribution in [1.82, 2.24) is 0 Å². The van der Waals surface area contributed by atoms with E-state index < -0.39 is 40.3 Å². The van der Waals surface area contributed by atoms with E-state index in [1.54, 1.807) is 24.6 Å². The Balaban J connectivity index is 0.000000324. The van der Waals surface area contributed by atoms with E-state index in [1.165, 1.54) is 75.6 Å². The van der Waals surface area contributed by atoms with E-state index in [-0.39, 0.29) is 22.7 Å². The summed E-state index contributed by atoms with van der Waals surface area (Å²) in [4.78, 5) is 22.1. The molecule has 0 radical (unpaired) electrons. The number of ketones is 1. The molecule has 2 atom stereocenters. The van der Waals surface area contributed by atoms with Crippen LogP contribution in [0.5, 0.6) is 5.75 Å². The van der Waals surface area contributed by atoms with Gasteiger partial charge in [-0.15, -0.1) is 0 Å². The fourth-order valence-electron chi connectivity index (χ4n) is 6.71. The zero-order chi connectivity index (χ0) is 32.0. The number of unbranched alkanes of at least 4 members (excludes halogenated alkanes) is 4. The monoisotopic (exact) mass is 628 g/mol. The van der Waals surface area contributed by atoms with Gasteiger partial charge in [-0.25, -0.2) is 4.79 Å². The van der Waals surface area contributed by atoms with Gasteiger partial charge in [0, 0.05) is 13.7 Å². The molecule has 0 heterocycles. The molecule has 0 amide bonds. The van der Waals surface area contributed by atoms with Gasteiger partial charge in [-0.2, -0.15) is 8.42 Å². The summed E-state index contributed by atoms with van der Waals surface area (Å²) in [6.07, 6.45) is 19.9. The fourth-order valence-corrected chi connectivity index (χ4v) is 13.3. The molecule has 242 valence electrons. The van der Waals surface area contributed by atoms with Crippen LogP contribution in [0.25, 0.3) is 0 Å². The van der Waals surface area contributed by atoms with Crippen molar-refractivity contribution in [3.8, 4) is 5.75 Å². The van der Waals surface area contributed by atoms with E-state index in [4.69, 9.17) is 9.66 Å². The molecule has 2 aliphatic rings. The number of para-hydroxylation sites is 1. The Morgan fingerprint density at radius 2 is 1.38 bits per heavy atom. The van der Waals surface area contributed by atoms with Crippen molar-refractivity contribution in [3.63, 3.8) is 0 Å². The van der Waals surface area contributed by atoms with Crippen molar-refractivity contribution in [2.45, 2.75) is 112 Å². The van der Waals surface area contributed by atoms with Gasteiger partial charge in [0.1, 0.15) is 5.78 Å². The summed E-state index contributed by atoms with van der Waals surface area (Å²) in [6, 6.07) is 5.54. The first-order valence-corrected chi connectivity index (χ1v) is 20.1. The lowest BCUT2D eigenvalue weighted by molar-refractivity contribution is -0.268. The second kappa shape index (κ2) is 17.7. The molecule has 2 fully saturated rings. The van der Waals surface area contributed by atoms with Gasteiger partial charge < -0.3 is 10.2 Å².